The van der Waals surface area contributed by atoms with E-state index in [9.17, 15) is 9.59 Å². The summed E-state index contributed by atoms with van der Waals surface area (Å²) in [4.78, 5) is 27.2. The fourth-order valence-corrected chi connectivity index (χ4v) is 4.03. The molecule has 9 nitrogen and oxygen atoms in total. The van der Waals surface area contributed by atoms with E-state index in [4.69, 9.17) is 4.52 Å². The fraction of sp³-hybridized carbons (Fsp3) is 0.500. The van der Waals surface area contributed by atoms with Crippen LogP contribution < -0.4 is 10.2 Å². The van der Waals surface area contributed by atoms with Crippen LogP contribution in [0.1, 0.15) is 12.7 Å². The minimum absolute atomic E-state index is 0.0986. The van der Waals surface area contributed by atoms with Crippen molar-refractivity contribution in [3.63, 3.8) is 0 Å². The van der Waals surface area contributed by atoms with Crippen molar-refractivity contribution in [3.8, 4) is 0 Å². The van der Waals surface area contributed by atoms with Gasteiger partial charge in [0.25, 0.3) is 0 Å². The monoisotopic (exact) mass is 382 g/mol. The summed E-state index contributed by atoms with van der Waals surface area (Å²) in [6.45, 7) is 6.21. The molecule has 1 N–H and O–H groups in total. The van der Waals surface area contributed by atoms with Crippen LogP contribution >= 0.6 is 23.1 Å². The molecule has 3 rings (SSSR count). The Kier molecular flexibility index (Phi) is 5.53. The summed E-state index contributed by atoms with van der Waals surface area (Å²) >= 11 is 2.78. The van der Waals surface area contributed by atoms with Crippen LogP contribution in [-0.4, -0.2) is 64.0 Å². The van der Waals surface area contributed by atoms with Gasteiger partial charge in [0.2, 0.25) is 16.9 Å². The molecule has 1 aliphatic rings. The van der Waals surface area contributed by atoms with Crippen LogP contribution in [0, 0.1) is 6.92 Å². The fourth-order valence-electron chi connectivity index (χ4n) is 2.33. The smallest absolute Gasteiger partial charge is 0.236 e. The number of aryl methyl sites for hydroxylation is 1. The maximum Gasteiger partial charge on any atom is 0.236 e. The number of piperazine rings is 1. The molecule has 0 unspecified atom stereocenters. The van der Waals surface area contributed by atoms with E-state index in [1.165, 1.54) is 23.1 Å². The number of anilines is 2. The summed E-state index contributed by atoms with van der Waals surface area (Å²) in [7, 11) is 0. The van der Waals surface area contributed by atoms with Crippen molar-refractivity contribution in [3.05, 3.63) is 11.8 Å². The van der Waals surface area contributed by atoms with Gasteiger partial charge in [-0.05, 0) is 6.92 Å². The lowest BCUT2D eigenvalue weighted by Crippen LogP contribution is -2.48. The summed E-state index contributed by atoms with van der Waals surface area (Å²) < 4.78 is 5.63. The Morgan fingerprint density at radius 3 is 2.72 bits per heavy atom. The van der Waals surface area contributed by atoms with Gasteiger partial charge in [-0.1, -0.05) is 28.3 Å². The SMILES string of the molecule is CC(=O)N1CCN(c2nnc(SCC(=O)Nc3cc(C)on3)s2)CC1. The minimum atomic E-state index is -0.176. The molecule has 25 heavy (non-hydrogen) atoms. The first-order valence-corrected chi connectivity index (χ1v) is 9.51. The molecule has 3 heterocycles. The highest BCUT2D eigenvalue weighted by Crippen LogP contribution is 2.28. The van der Waals surface area contributed by atoms with Gasteiger partial charge in [0.1, 0.15) is 5.76 Å². The van der Waals surface area contributed by atoms with E-state index in [-0.39, 0.29) is 17.6 Å². The van der Waals surface area contributed by atoms with E-state index >= 15 is 0 Å². The first-order chi connectivity index (χ1) is 12.0. The van der Waals surface area contributed by atoms with Crippen LogP contribution in [0.15, 0.2) is 14.9 Å². The molecular weight excluding hydrogens is 364 g/mol. The molecule has 0 aromatic carbocycles. The molecule has 134 valence electrons. The van der Waals surface area contributed by atoms with E-state index in [1.807, 2.05) is 4.90 Å². The second-order valence-electron chi connectivity index (χ2n) is 5.50. The van der Waals surface area contributed by atoms with Crippen molar-refractivity contribution >= 4 is 45.9 Å². The van der Waals surface area contributed by atoms with Gasteiger partial charge in [-0.25, -0.2) is 0 Å². The quantitative estimate of drug-likeness (QED) is 0.770. The first kappa shape index (κ1) is 17.7. The first-order valence-electron chi connectivity index (χ1n) is 7.71. The van der Waals surface area contributed by atoms with Crippen molar-refractivity contribution in [2.75, 3.05) is 42.1 Å². The van der Waals surface area contributed by atoms with Crippen LogP contribution in [0.5, 0.6) is 0 Å². The lowest BCUT2D eigenvalue weighted by Gasteiger charge is -2.33. The van der Waals surface area contributed by atoms with E-state index in [0.29, 0.717) is 24.7 Å². The normalized spacial score (nSPS) is 14.6. The number of aromatic nitrogens is 3. The third-order valence-corrected chi connectivity index (χ3v) is 5.73. The number of rotatable bonds is 5. The number of nitrogens with zero attached hydrogens (tertiary/aromatic N) is 5. The highest BCUT2D eigenvalue weighted by Gasteiger charge is 2.21. The topological polar surface area (TPSA) is 104 Å². The van der Waals surface area contributed by atoms with Crippen LogP contribution in [0.4, 0.5) is 10.9 Å². The Labute approximate surface area is 152 Å². The molecule has 0 atom stereocenters. The second-order valence-corrected chi connectivity index (χ2v) is 7.68. The third kappa shape index (κ3) is 4.69. The predicted octanol–water partition coefficient (Wildman–Crippen LogP) is 1.23. The molecule has 2 aromatic heterocycles. The maximum absolute atomic E-state index is 11.9. The van der Waals surface area contributed by atoms with Gasteiger partial charge in [0.05, 0.1) is 5.75 Å². The number of carbonyl (C=O) groups excluding carboxylic acids is 2. The number of hydrogen-bond acceptors (Lipinski definition) is 9. The van der Waals surface area contributed by atoms with Crippen molar-refractivity contribution in [2.45, 2.75) is 18.2 Å². The highest BCUT2D eigenvalue weighted by molar-refractivity contribution is 8.01. The molecule has 0 spiro atoms. The molecule has 2 amide bonds. The number of hydrogen-bond donors (Lipinski definition) is 1. The lowest BCUT2D eigenvalue weighted by molar-refractivity contribution is -0.129. The van der Waals surface area contributed by atoms with E-state index in [1.54, 1.807) is 19.9 Å². The van der Waals surface area contributed by atoms with E-state index < -0.39 is 0 Å². The van der Waals surface area contributed by atoms with Crippen molar-refractivity contribution < 1.29 is 14.1 Å². The second kappa shape index (κ2) is 7.83. The van der Waals surface area contributed by atoms with Gasteiger partial charge in [0, 0.05) is 39.2 Å². The average molecular weight is 382 g/mol. The standard InChI is InChI=1S/C14H18N6O3S2/c1-9-7-11(18-23-9)15-12(22)8-24-14-17-16-13(25-14)20-5-3-19(4-6-20)10(2)21/h7H,3-6,8H2,1-2H3,(H,15,18,22). The van der Waals surface area contributed by atoms with Crippen LogP contribution in [0.3, 0.4) is 0 Å². The molecule has 2 aromatic rings. The Hall–Kier alpha value is -2.14. The Morgan fingerprint density at radius 1 is 1.32 bits per heavy atom. The van der Waals surface area contributed by atoms with E-state index in [2.05, 4.69) is 25.6 Å². The maximum atomic E-state index is 11.9. The Balaban J connectivity index is 1.47. The predicted molar refractivity (Wildman–Crippen MR) is 95.0 cm³/mol. The Morgan fingerprint density at radius 2 is 2.08 bits per heavy atom. The van der Waals surface area contributed by atoms with Crippen LogP contribution in [0.2, 0.25) is 0 Å². The van der Waals surface area contributed by atoms with Crippen molar-refractivity contribution in [2.24, 2.45) is 0 Å². The zero-order chi connectivity index (χ0) is 17.8. The molecule has 1 fully saturated rings. The van der Waals surface area contributed by atoms with Crippen LogP contribution in [0.25, 0.3) is 0 Å². The summed E-state index contributed by atoms with van der Waals surface area (Å²) in [5, 5.41) is 15.5. The minimum Gasteiger partial charge on any atom is -0.360 e. The molecular formula is C14H18N6O3S2. The number of carbonyl (C=O) groups is 2. The van der Waals surface area contributed by atoms with Gasteiger partial charge >= 0.3 is 0 Å². The summed E-state index contributed by atoms with van der Waals surface area (Å²) in [5.74, 6) is 1.19. The molecule has 0 bridgehead atoms. The van der Waals surface area contributed by atoms with Gasteiger partial charge < -0.3 is 19.6 Å². The van der Waals surface area contributed by atoms with Crippen molar-refractivity contribution in [1.29, 1.82) is 0 Å². The molecule has 0 radical (unpaired) electrons. The average Bonchev–Trinajstić information content (AvgIpc) is 3.22. The van der Waals surface area contributed by atoms with Gasteiger partial charge in [-0.15, -0.1) is 10.2 Å². The summed E-state index contributed by atoms with van der Waals surface area (Å²) in [6.07, 6.45) is 0. The number of nitrogens with one attached hydrogen (secondary N) is 1. The van der Waals surface area contributed by atoms with Gasteiger partial charge in [-0.3, -0.25) is 9.59 Å². The molecule has 11 heteroatoms. The van der Waals surface area contributed by atoms with E-state index in [0.717, 1.165) is 22.6 Å². The van der Waals surface area contributed by atoms with Gasteiger partial charge in [-0.2, -0.15) is 0 Å². The lowest BCUT2D eigenvalue weighted by atomic mass is 10.3. The zero-order valence-electron chi connectivity index (χ0n) is 13.9. The van der Waals surface area contributed by atoms with Gasteiger partial charge in [0.15, 0.2) is 10.2 Å². The molecule has 1 saturated heterocycles. The largest absolute Gasteiger partial charge is 0.360 e. The summed E-state index contributed by atoms with van der Waals surface area (Å²) in [6, 6.07) is 1.66. The van der Waals surface area contributed by atoms with Crippen molar-refractivity contribution in [1.82, 2.24) is 20.3 Å². The molecule has 1 aliphatic heterocycles. The number of thioether (sulfide) groups is 1. The molecule has 0 saturated carbocycles. The summed E-state index contributed by atoms with van der Waals surface area (Å²) in [5.41, 5.74) is 0. The highest BCUT2D eigenvalue weighted by atomic mass is 32.2. The molecule has 0 aliphatic carbocycles. The zero-order valence-corrected chi connectivity index (χ0v) is 15.5. The van der Waals surface area contributed by atoms with Crippen LogP contribution in [-0.2, 0) is 9.59 Å². The third-order valence-electron chi connectivity index (χ3n) is 3.61. The number of amides is 2. The Bertz CT molecular complexity index is 753.